The van der Waals surface area contributed by atoms with E-state index in [9.17, 15) is 9.59 Å². The topological polar surface area (TPSA) is 92.5 Å². The number of esters is 1. The third-order valence-corrected chi connectivity index (χ3v) is 4.59. The minimum Gasteiger partial charge on any atom is -0.497 e. The van der Waals surface area contributed by atoms with Gasteiger partial charge in [0.05, 0.1) is 32.1 Å². The van der Waals surface area contributed by atoms with Crippen LogP contribution in [0.2, 0.25) is 0 Å². The van der Waals surface area contributed by atoms with Crippen LogP contribution in [-0.2, 0) is 23.0 Å². The van der Waals surface area contributed by atoms with Crippen molar-refractivity contribution >= 4 is 23.5 Å². The minimum atomic E-state index is -0.362. The highest BCUT2D eigenvalue weighted by atomic mass is 32.2. The summed E-state index contributed by atoms with van der Waals surface area (Å²) >= 11 is 1.24. The molecule has 8 nitrogen and oxygen atoms in total. The second-order valence-corrected chi connectivity index (χ2v) is 6.16. The van der Waals surface area contributed by atoms with Crippen LogP contribution in [0, 0.1) is 0 Å². The Morgan fingerprint density at radius 1 is 1.19 bits per heavy atom. The van der Waals surface area contributed by atoms with E-state index in [1.807, 2.05) is 0 Å². The number of thioether (sulfide) groups is 1. The fourth-order valence-electron chi connectivity index (χ4n) is 2.20. The van der Waals surface area contributed by atoms with E-state index < -0.39 is 0 Å². The number of nitrogens with zero attached hydrogens (tertiary/aromatic N) is 3. The van der Waals surface area contributed by atoms with Gasteiger partial charge in [0, 0.05) is 13.1 Å². The molecule has 0 N–H and O–H groups in total. The number of hydrogen-bond acceptors (Lipinski definition) is 8. The number of hydrogen-bond donors (Lipinski definition) is 0. The Labute approximate surface area is 155 Å². The van der Waals surface area contributed by atoms with Gasteiger partial charge in [0.1, 0.15) is 23.7 Å². The Balaban J connectivity index is 2.04. The largest absolute Gasteiger partial charge is 0.497 e. The fourth-order valence-corrected chi connectivity index (χ4v) is 3.02. The van der Waals surface area contributed by atoms with Crippen LogP contribution in [0.4, 0.5) is 0 Å². The van der Waals surface area contributed by atoms with E-state index in [2.05, 4.69) is 10.2 Å². The van der Waals surface area contributed by atoms with Crippen LogP contribution in [0.3, 0.4) is 0 Å². The summed E-state index contributed by atoms with van der Waals surface area (Å²) in [6, 6.07) is 5.04. The zero-order chi connectivity index (χ0) is 19.1. The maximum Gasteiger partial charge on any atom is 0.313 e. The van der Waals surface area contributed by atoms with E-state index in [1.165, 1.54) is 18.9 Å². The molecule has 1 aromatic heterocycles. The molecule has 26 heavy (non-hydrogen) atoms. The maximum absolute atomic E-state index is 12.5. The molecular formula is C17H21N3O5S. The molecule has 0 bridgehead atoms. The van der Waals surface area contributed by atoms with Crippen molar-refractivity contribution in [3.05, 3.63) is 29.6 Å². The standard InChI is InChI=1S/C17H21N3O5S/c1-5-25-16(22)9-15-18-19-17(20(15)2)26-10-13(21)12-7-6-11(23-3)8-14(12)24-4/h6-8H,5,9-10H2,1-4H3. The number of carbonyl (C=O) groups excluding carboxylic acids is 2. The second-order valence-electron chi connectivity index (χ2n) is 5.22. The Kier molecular flexibility index (Phi) is 7.02. The average molecular weight is 379 g/mol. The summed E-state index contributed by atoms with van der Waals surface area (Å²) in [7, 11) is 4.80. The van der Waals surface area contributed by atoms with Gasteiger partial charge in [0.25, 0.3) is 0 Å². The van der Waals surface area contributed by atoms with Crippen molar-refractivity contribution in [3.63, 3.8) is 0 Å². The van der Waals surface area contributed by atoms with Crippen molar-refractivity contribution in [2.75, 3.05) is 26.6 Å². The van der Waals surface area contributed by atoms with Gasteiger partial charge in [-0.25, -0.2) is 0 Å². The zero-order valence-corrected chi connectivity index (χ0v) is 16.0. The number of rotatable bonds is 9. The minimum absolute atomic E-state index is 0.0398. The summed E-state index contributed by atoms with van der Waals surface area (Å²) in [6.07, 6.45) is 0.0398. The molecule has 0 saturated carbocycles. The van der Waals surface area contributed by atoms with Gasteiger partial charge in [-0.2, -0.15) is 0 Å². The van der Waals surface area contributed by atoms with Crippen LogP contribution in [0.15, 0.2) is 23.4 Å². The predicted molar refractivity (Wildman–Crippen MR) is 95.9 cm³/mol. The van der Waals surface area contributed by atoms with Crippen molar-refractivity contribution < 1.29 is 23.8 Å². The molecule has 0 saturated heterocycles. The molecule has 1 aromatic carbocycles. The lowest BCUT2D eigenvalue weighted by atomic mass is 10.1. The average Bonchev–Trinajstić information content (AvgIpc) is 2.99. The molecule has 2 aromatic rings. The number of ketones is 1. The van der Waals surface area contributed by atoms with Crippen molar-refractivity contribution in [1.29, 1.82) is 0 Å². The molecule has 0 aliphatic heterocycles. The number of aromatic nitrogens is 3. The summed E-state index contributed by atoms with van der Waals surface area (Å²) in [4.78, 5) is 24.1. The van der Waals surface area contributed by atoms with E-state index in [-0.39, 0.29) is 23.9 Å². The summed E-state index contributed by atoms with van der Waals surface area (Å²) in [6.45, 7) is 2.06. The van der Waals surface area contributed by atoms with E-state index in [0.29, 0.717) is 34.7 Å². The molecule has 0 radical (unpaired) electrons. The molecule has 0 unspecified atom stereocenters. The maximum atomic E-state index is 12.5. The summed E-state index contributed by atoms with van der Waals surface area (Å²) < 4.78 is 17.0. The summed E-state index contributed by atoms with van der Waals surface area (Å²) in [5.41, 5.74) is 0.467. The summed E-state index contributed by atoms with van der Waals surface area (Å²) in [5, 5.41) is 8.56. The lowest BCUT2D eigenvalue weighted by Gasteiger charge is -2.09. The molecule has 1 heterocycles. The van der Waals surface area contributed by atoms with Crippen LogP contribution in [0.1, 0.15) is 23.1 Å². The van der Waals surface area contributed by atoms with Gasteiger partial charge < -0.3 is 18.8 Å². The SMILES string of the molecule is CCOC(=O)Cc1nnc(SCC(=O)c2ccc(OC)cc2OC)n1C. The number of benzene rings is 1. The quantitative estimate of drug-likeness (QED) is 0.371. The molecule has 0 spiro atoms. The van der Waals surface area contributed by atoms with Gasteiger partial charge in [-0.3, -0.25) is 9.59 Å². The van der Waals surface area contributed by atoms with Crippen LogP contribution >= 0.6 is 11.8 Å². The Bertz CT molecular complexity index is 791. The van der Waals surface area contributed by atoms with Crippen molar-refractivity contribution in [1.82, 2.24) is 14.8 Å². The van der Waals surface area contributed by atoms with E-state index in [4.69, 9.17) is 14.2 Å². The molecule has 2 rings (SSSR count). The van der Waals surface area contributed by atoms with E-state index in [0.717, 1.165) is 0 Å². The van der Waals surface area contributed by atoms with Gasteiger partial charge in [0.15, 0.2) is 10.9 Å². The molecule has 140 valence electrons. The van der Waals surface area contributed by atoms with Gasteiger partial charge in [-0.05, 0) is 19.1 Å². The molecule has 0 amide bonds. The van der Waals surface area contributed by atoms with Crippen LogP contribution in [0.5, 0.6) is 11.5 Å². The highest BCUT2D eigenvalue weighted by molar-refractivity contribution is 7.99. The van der Waals surface area contributed by atoms with Crippen molar-refractivity contribution in [2.24, 2.45) is 7.05 Å². The van der Waals surface area contributed by atoms with Crippen LogP contribution in [0.25, 0.3) is 0 Å². The highest BCUT2D eigenvalue weighted by Crippen LogP contribution is 2.27. The van der Waals surface area contributed by atoms with E-state index >= 15 is 0 Å². The Morgan fingerprint density at radius 2 is 1.96 bits per heavy atom. The number of carbonyl (C=O) groups is 2. The van der Waals surface area contributed by atoms with Gasteiger partial charge in [-0.15, -0.1) is 10.2 Å². The molecular weight excluding hydrogens is 358 g/mol. The number of methoxy groups -OCH3 is 2. The first kappa shape index (κ1) is 19.8. The zero-order valence-electron chi connectivity index (χ0n) is 15.1. The monoisotopic (exact) mass is 379 g/mol. The Hall–Kier alpha value is -2.55. The smallest absolute Gasteiger partial charge is 0.313 e. The van der Waals surface area contributed by atoms with Crippen molar-refractivity contribution in [3.8, 4) is 11.5 Å². The summed E-state index contributed by atoms with van der Waals surface area (Å²) in [5.74, 6) is 1.25. The fraction of sp³-hybridized carbons (Fsp3) is 0.412. The first-order valence-electron chi connectivity index (χ1n) is 7.92. The van der Waals surface area contributed by atoms with Crippen LogP contribution < -0.4 is 9.47 Å². The predicted octanol–water partition coefficient (Wildman–Crippen LogP) is 1.91. The van der Waals surface area contributed by atoms with E-state index in [1.54, 1.807) is 43.8 Å². The molecule has 0 atom stereocenters. The van der Waals surface area contributed by atoms with Gasteiger partial charge >= 0.3 is 5.97 Å². The van der Waals surface area contributed by atoms with Gasteiger partial charge in [-0.1, -0.05) is 11.8 Å². The second kappa shape index (κ2) is 9.23. The first-order chi connectivity index (χ1) is 12.5. The lowest BCUT2D eigenvalue weighted by Crippen LogP contribution is -2.11. The normalized spacial score (nSPS) is 10.5. The van der Waals surface area contributed by atoms with Crippen LogP contribution in [-0.4, -0.2) is 53.1 Å². The Morgan fingerprint density at radius 3 is 2.62 bits per heavy atom. The first-order valence-corrected chi connectivity index (χ1v) is 8.90. The molecule has 0 aliphatic rings. The lowest BCUT2D eigenvalue weighted by molar-refractivity contribution is -0.142. The third-order valence-electron chi connectivity index (χ3n) is 3.57. The van der Waals surface area contributed by atoms with Gasteiger partial charge in [0.2, 0.25) is 0 Å². The number of ether oxygens (including phenoxy) is 3. The number of Topliss-reactive ketones (excluding diaryl/α,β-unsaturated/α-hetero) is 1. The molecule has 0 aliphatic carbocycles. The molecule has 0 fully saturated rings. The highest BCUT2D eigenvalue weighted by Gasteiger charge is 2.17. The van der Waals surface area contributed by atoms with Crippen molar-refractivity contribution in [2.45, 2.75) is 18.5 Å². The molecule has 9 heteroatoms. The third kappa shape index (κ3) is 4.75.